The molecule has 1 atom stereocenters. The highest BCUT2D eigenvalue weighted by atomic mass is 35.5. The Morgan fingerprint density at radius 1 is 0.923 bits per heavy atom. The van der Waals surface area contributed by atoms with Gasteiger partial charge < -0.3 is 10.1 Å². The monoisotopic (exact) mass is 563 g/mol. The minimum absolute atomic E-state index is 0.0775. The molecular weight excluding hydrogens is 541 g/mol. The molecule has 11 heteroatoms. The van der Waals surface area contributed by atoms with Crippen LogP contribution in [0, 0.1) is 13.8 Å². The summed E-state index contributed by atoms with van der Waals surface area (Å²) >= 11 is 12.2. The first-order valence-electron chi connectivity index (χ1n) is 11.7. The first-order chi connectivity index (χ1) is 18.7. The fourth-order valence-corrected chi connectivity index (χ4v) is 4.19. The van der Waals surface area contributed by atoms with E-state index in [9.17, 15) is 14.4 Å². The molecule has 0 aliphatic rings. The number of hydrazone groups is 1. The van der Waals surface area contributed by atoms with Crippen molar-refractivity contribution in [3.05, 3.63) is 93.7 Å². The molecule has 0 saturated heterocycles. The van der Waals surface area contributed by atoms with Crippen LogP contribution in [0.15, 0.2) is 71.8 Å². The summed E-state index contributed by atoms with van der Waals surface area (Å²) in [5.41, 5.74) is 5.14. The van der Waals surface area contributed by atoms with E-state index < -0.39 is 29.3 Å². The number of para-hydroxylation sites is 2. The zero-order chi connectivity index (χ0) is 28.1. The summed E-state index contributed by atoms with van der Waals surface area (Å²) in [5, 5.41) is 7.61. The number of hydrogen-bond donors (Lipinski definition) is 2. The number of carbonyl (C=O) groups excluding carboxylic acids is 3. The Hall–Kier alpha value is -4.34. The number of ketones is 1. The van der Waals surface area contributed by atoms with Gasteiger partial charge in [-0.3, -0.25) is 15.0 Å². The second-order valence-electron chi connectivity index (χ2n) is 8.46. The van der Waals surface area contributed by atoms with Crippen LogP contribution in [0.4, 0.5) is 11.4 Å². The number of nitrogens with zero attached hydrogens (tertiary/aromatic N) is 3. The van der Waals surface area contributed by atoms with E-state index in [1.165, 1.54) is 0 Å². The maximum atomic E-state index is 13.8. The summed E-state index contributed by atoms with van der Waals surface area (Å²) in [4.78, 5) is 49.3. The van der Waals surface area contributed by atoms with Crippen molar-refractivity contribution in [2.45, 2.75) is 19.8 Å². The van der Waals surface area contributed by atoms with Gasteiger partial charge in [0.05, 0.1) is 35.2 Å². The van der Waals surface area contributed by atoms with Crippen molar-refractivity contribution in [3.63, 3.8) is 0 Å². The van der Waals surface area contributed by atoms with Crippen LogP contribution in [-0.4, -0.2) is 40.4 Å². The maximum absolute atomic E-state index is 13.8. The van der Waals surface area contributed by atoms with E-state index in [2.05, 4.69) is 25.8 Å². The fourth-order valence-electron chi connectivity index (χ4n) is 3.83. The van der Waals surface area contributed by atoms with Gasteiger partial charge in [-0.25, -0.2) is 14.8 Å². The van der Waals surface area contributed by atoms with Crippen molar-refractivity contribution in [1.29, 1.82) is 0 Å². The molecule has 0 aliphatic carbocycles. The normalized spacial score (nSPS) is 12.1. The average molecular weight is 564 g/mol. The number of rotatable bonds is 8. The van der Waals surface area contributed by atoms with E-state index >= 15 is 0 Å². The molecule has 0 bridgehead atoms. The molecule has 1 heterocycles. The number of aromatic nitrogens is 2. The predicted octanol–water partition coefficient (Wildman–Crippen LogP) is 5.49. The second kappa shape index (κ2) is 12.0. The summed E-state index contributed by atoms with van der Waals surface area (Å²) in [6.07, 6.45) is 0. The van der Waals surface area contributed by atoms with Crippen LogP contribution in [0.5, 0.6) is 0 Å². The summed E-state index contributed by atoms with van der Waals surface area (Å²) in [5.74, 6) is -4.50. The number of Topliss-reactive ketones (excluding diaryl/α,β-unsaturated/α-hetero) is 1. The number of methoxy groups -OCH3 is 1. The van der Waals surface area contributed by atoms with Crippen LogP contribution < -0.4 is 10.7 Å². The number of esters is 1. The van der Waals surface area contributed by atoms with E-state index in [0.717, 1.165) is 7.11 Å². The largest absolute Gasteiger partial charge is 0.464 e. The highest BCUT2D eigenvalue weighted by Crippen LogP contribution is 2.27. The lowest BCUT2D eigenvalue weighted by molar-refractivity contribution is -0.136. The summed E-state index contributed by atoms with van der Waals surface area (Å²) in [6, 6.07) is 18.5. The Labute approximate surface area is 234 Å². The van der Waals surface area contributed by atoms with Gasteiger partial charge in [-0.05, 0) is 61.9 Å². The Morgan fingerprint density at radius 2 is 1.62 bits per heavy atom. The first-order valence-corrected chi connectivity index (χ1v) is 12.5. The van der Waals surface area contributed by atoms with Crippen LogP contribution in [-0.2, 0) is 19.1 Å². The van der Waals surface area contributed by atoms with Gasteiger partial charge in [-0.2, -0.15) is 5.10 Å². The van der Waals surface area contributed by atoms with Gasteiger partial charge in [0.2, 0.25) is 5.78 Å². The van der Waals surface area contributed by atoms with Gasteiger partial charge in [0, 0.05) is 15.7 Å². The third-order valence-electron chi connectivity index (χ3n) is 5.85. The van der Waals surface area contributed by atoms with Crippen molar-refractivity contribution in [1.82, 2.24) is 9.97 Å². The Balaban J connectivity index is 1.84. The van der Waals surface area contributed by atoms with E-state index in [0.29, 0.717) is 43.7 Å². The average Bonchev–Trinajstić information content (AvgIpc) is 2.92. The summed E-state index contributed by atoms with van der Waals surface area (Å²) < 4.78 is 4.95. The molecule has 0 unspecified atom stereocenters. The summed E-state index contributed by atoms with van der Waals surface area (Å²) in [6.45, 7) is 3.34. The lowest BCUT2D eigenvalue weighted by atomic mass is 9.91. The highest BCUT2D eigenvalue weighted by Gasteiger charge is 2.39. The Bertz CT molecular complexity index is 1620. The van der Waals surface area contributed by atoms with Crippen molar-refractivity contribution >= 4 is 69.0 Å². The number of nitrogens with one attached hydrogen (secondary N) is 2. The molecule has 9 nitrogen and oxygen atoms in total. The smallest absolute Gasteiger partial charge is 0.355 e. The molecule has 0 spiro atoms. The van der Waals surface area contributed by atoms with Crippen LogP contribution in [0.1, 0.15) is 22.9 Å². The van der Waals surface area contributed by atoms with Gasteiger partial charge >= 0.3 is 5.97 Å². The molecule has 198 valence electrons. The third-order valence-corrected chi connectivity index (χ3v) is 6.50. The van der Waals surface area contributed by atoms with Gasteiger partial charge in [0.1, 0.15) is 5.92 Å². The number of anilines is 2. The zero-order valence-electron chi connectivity index (χ0n) is 21.2. The number of carbonyl (C=O) groups is 3. The van der Waals surface area contributed by atoms with Gasteiger partial charge in [-0.1, -0.05) is 47.5 Å². The molecule has 2 N–H and O–H groups in total. The number of amides is 1. The van der Waals surface area contributed by atoms with E-state index in [1.54, 1.807) is 80.6 Å². The minimum Gasteiger partial charge on any atom is -0.464 e. The predicted molar refractivity (Wildman–Crippen MR) is 151 cm³/mol. The molecular formula is C28H23Cl2N5O4. The molecule has 1 amide bonds. The lowest BCUT2D eigenvalue weighted by Gasteiger charge is -2.19. The molecule has 39 heavy (non-hydrogen) atoms. The van der Waals surface area contributed by atoms with Crippen LogP contribution in [0.2, 0.25) is 10.0 Å². The van der Waals surface area contributed by atoms with Crippen LogP contribution >= 0.6 is 23.2 Å². The zero-order valence-corrected chi connectivity index (χ0v) is 22.7. The topological polar surface area (TPSA) is 123 Å². The summed E-state index contributed by atoms with van der Waals surface area (Å²) in [7, 11) is 1.15. The lowest BCUT2D eigenvalue weighted by Crippen LogP contribution is -2.38. The number of benzene rings is 3. The van der Waals surface area contributed by atoms with Crippen molar-refractivity contribution < 1.29 is 19.1 Å². The SMILES string of the molecule is COC(=O)/C(=N\Nc1cccc(Cl)c1)[C@@H](C(=O)C(=O)Nc1cccc(Cl)c1C)c1nc2ccccc2nc1C. The van der Waals surface area contributed by atoms with Gasteiger partial charge in [-0.15, -0.1) is 0 Å². The second-order valence-corrected chi connectivity index (χ2v) is 9.30. The molecule has 0 fully saturated rings. The molecule has 1 aromatic heterocycles. The van der Waals surface area contributed by atoms with Gasteiger partial charge in [0.15, 0.2) is 5.71 Å². The number of hydrogen-bond acceptors (Lipinski definition) is 8. The molecule has 3 aromatic carbocycles. The fraction of sp³-hybridized carbons (Fsp3) is 0.143. The van der Waals surface area contributed by atoms with E-state index in [4.69, 9.17) is 27.9 Å². The highest BCUT2D eigenvalue weighted by molar-refractivity contribution is 6.53. The third kappa shape index (κ3) is 6.22. The van der Waals surface area contributed by atoms with Crippen molar-refractivity contribution in [2.75, 3.05) is 17.9 Å². The van der Waals surface area contributed by atoms with Crippen LogP contribution in [0.3, 0.4) is 0 Å². The molecule has 4 aromatic rings. The standard InChI is InChI=1S/C28H23Cl2N5O4/c1-15-19(30)10-7-13-20(15)33-27(37)26(36)23(24-16(2)31-21-11-4-5-12-22(21)32-24)25(28(38)39-3)35-34-18-9-6-8-17(29)14-18/h4-14,23,34H,1-3H3,(H,33,37)/b35-25-/t23-/m0/s1. The number of fused-ring (bicyclic) bond motifs is 1. The van der Waals surface area contributed by atoms with Crippen LogP contribution in [0.25, 0.3) is 11.0 Å². The van der Waals surface area contributed by atoms with Crippen molar-refractivity contribution in [3.8, 4) is 0 Å². The number of ether oxygens (including phenoxy) is 1. The molecule has 0 saturated carbocycles. The quantitative estimate of drug-likeness (QED) is 0.126. The maximum Gasteiger partial charge on any atom is 0.355 e. The van der Waals surface area contributed by atoms with E-state index in [1.807, 2.05) is 0 Å². The molecule has 4 rings (SSSR count). The number of aryl methyl sites for hydroxylation is 1. The first kappa shape index (κ1) is 27.7. The minimum atomic E-state index is -1.55. The van der Waals surface area contributed by atoms with Crippen molar-refractivity contribution in [2.24, 2.45) is 5.10 Å². The Morgan fingerprint density at radius 3 is 2.31 bits per heavy atom. The Kier molecular flexibility index (Phi) is 8.53. The van der Waals surface area contributed by atoms with E-state index in [-0.39, 0.29) is 5.69 Å². The molecule has 0 aliphatic heterocycles. The number of halogens is 2. The molecule has 0 radical (unpaired) electrons. The van der Waals surface area contributed by atoms with Gasteiger partial charge in [0.25, 0.3) is 5.91 Å².